The van der Waals surface area contributed by atoms with E-state index in [4.69, 9.17) is 32.7 Å². The van der Waals surface area contributed by atoms with E-state index >= 15 is 0 Å². The molecule has 6 nitrogen and oxygen atoms in total. The van der Waals surface area contributed by atoms with Crippen LogP contribution in [0.15, 0.2) is 54.9 Å². The molecule has 1 saturated heterocycles. The van der Waals surface area contributed by atoms with Crippen LogP contribution in [0.2, 0.25) is 10.0 Å². The zero-order chi connectivity index (χ0) is 26.0. The molecule has 0 aliphatic carbocycles. The summed E-state index contributed by atoms with van der Waals surface area (Å²) in [7, 11) is 1.43. The van der Waals surface area contributed by atoms with Gasteiger partial charge in [0.1, 0.15) is 11.9 Å². The van der Waals surface area contributed by atoms with Gasteiger partial charge in [-0.15, -0.1) is 0 Å². The second kappa shape index (κ2) is 10.5. The van der Waals surface area contributed by atoms with Crippen molar-refractivity contribution in [2.75, 3.05) is 20.2 Å². The van der Waals surface area contributed by atoms with Gasteiger partial charge in [-0.3, -0.25) is 4.79 Å². The first-order chi connectivity index (χ1) is 17.1. The molecule has 0 N–H and O–H groups in total. The minimum Gasteiger partial charge on any atom is -0.490 e. The number of hydrogen-bond acceptors (Lipinski definition) is 5. The maximum Gasteiger partial charge on any atom is 0.416 e. The molecule has 2 aromatic carbocycles. The highest BCUT2D eigenvalue weighted by molar-refractivity contribution is 6.42. The SMILES string of the molecule is COc1ncc(C(=O)N2CC(c3ccc(Cl)c(Cl)c3)C(C(C)Oc3ccc(C(F)(F)F)cc3)C2)cn1. The molecule has 3 unspecified atom stereocenters. The van der Waals surface area contributed by atoms with Gasteiger partial charge >= 0.3 is 12.2 Å². The van der Waals surface area contributed by atoms with Crippen LogP contribution in [0, 0.1) is 5.92 Å². The van der Waals surface area contributed by atoms with Gasteiger partial charge in [0.2, 0.25) is 0 Å². The molecule has 0 spiro atoms. The Morgan fingerprint density at radius 1 is 1.06 bits per heavy atom. The quantitative estimate of drug-likeness (QED) is 0.376. The van der Waals surface area contributed by atoms with E-state index in [2.05, 4.69) is 9.97 Å². The third-order valence-corrected chi connectivity index (χ3v) is 6.93. The number of likely N-dealkylation sites (tertiary alicyclic amines) is 1. The molecular weight excluding hydrogens is 518 g/mol. The van der Waals surface area contributed by atoms with Crippen LogP contribution in [0.5, 0.6) is 11.8 Å². The first-order valence-corrected chi connectivity index (χ1v) is 11.8. The molecule has 1 aromatic heterocycles. The average molecular weight is 540 g/mol. The normalized spacial score (nSPS) is 18.7. The number of rotatable bonds is 6. The van der Waals surface area contributed by atoms with Crippen molar-refractivity contribution < 1.29 is 27.4 Å². The monoisotopic (exact) mass is 539 g/mol. The molecule has 1 fully saturated rings. The van der Waals surface area contributed by atoms with E-state index in [0.717, 1.165) is 17.7 Å². The number of alkyl halides is 3. The number of amides is 1. The van der Waals surface area contributed by atoms with E-state index in [1.165, 1.54) is 31.6 Å². The summed E-state index contributed by atoms with van der Waals surface area (Å²) in [4.78, 5) is 22.9. The van der Waals surface area contributed by atoms with E-state index in [1.807, 2.05) is 13.0 Å². The smallest absolute Gasteiger partial charge is 0.416 e. The number of benzene rings is 2. The maximum atomic E-state index is 13.2. The Labute approximate surface area is 216 Å². The van der Waals surface area contributed by atoms with Crippen molar-refractivity contribution in [1.82, 2.24) is 14.9 Å². The van der Waals surface area contributed by atoms with Crippen molar-refractivity contribution in [3.8, 4) is 11.8 Å². The highest BCUT2D eigenvalue weighted by Gasteiger charge is 2.41. The molecule has 1 aliphatic rings. The number of nitrogens with zero attached hydrogens (tertiary/aromatic N) is 3. The summed E-state index contributed by atoms with van der Waals surface area (Å²) in [6.45, 7) is 2.54. The number of carbonyl (C=O) groups is 1. The van der Waals surface area contributed by atoms with Crippen molar-refractivity contribution in [3.63, 3.8) is 0 Å². The first kappa shape index (κ1) is 26.0. The highest BCUT2D eigenvalue weighted by Crippen LogP contribution is 2.39. The summed E-state index contributed by atoms with van der Waals surface area (Å²) in [5.41, 5.74) is 0.426. The maximum absolute atomic E-state index is 13.2. The fraction of sp³-hybridized carbons (Fsp3) is 0.320. The summed E-state index contributed by atoms with van der Waals surface area (Å²) in [6.07, 6.45) is -2.07. The lowest BCUT2D eigenvalue weighted by Gasteiger charge is -2.26. The lowest BCUT2D eigenvalue weighted by molar-refractivity contribution is -0.137. The molecule has 0 saturated carbocycles. The fourth-order valence-corrected chi connectivity index (χ4v) is 4.61. The molecule has 36 heavy (non-hydrogen) atoms. The van der Waals surface area contributed by atoms with Crippen LogP contribution in [0.1, 0.15) is 34.3 Å². The van der Waals surface area contributed by atoms with Crippen LogP contribution in [-0.2, 0) is 6.18 Å². The van der Waals surface area contributed by atoms with Gasteiger partial charge in [-0.05, 0) is 48.9 Å². The van der Waals surface area contributed by atoms with E-state index in [1.54, 1.807) is 17.0 Å². The molecule has 3 aromatic rings. The van der Waals surface area contributed by atoms with Crippen molar-refractivity contribution >= 4 is 29.1 Å². The zero-order valence-corrected chi connectivity index (χ0v) is 20.8. The Hall–Kier alpha value is -3.04. The Bertz CT molecular complexity index is 1220. The van der Waals surface area contributed by atoms with Crippen LogP contribution in [0.4, 0.5) is 13.2 Å². The second-order valence-corrected chi connectivity index (χ2v) is 9.27. The van der Waals surface area contributed by atoms with Crippen molar-refractivity contribution in [2.24, 2.45) is 5.92 Å². The van der Waals surface area contributed by atoms with Crippen LogP contribution < -0.4 is 9.47 Å². The average Bonchev–Trinajstić information content (AvgIpc) is 3.31. The Morgan fingerprint density at radius 3 is 2.31 bits per heavy atom. The van der Waals surface area contributed by atoms with Crippen molar-refractivity contribution in [3.05, 3.63) is 81.6 Å². The van der Waals surface area contributed by atoms with Gasteiger partial charge in [-0.25, -0.2) is 9.97 Å². The Morgan fingerprint density at radius 2 is 1.72 bits per heavy atom. The van der Waals surface area contributed by atoms with E-state index in [9.17, 15) is 18.0 Å². The summed E-state index contributed by atoms with van der Waals surface area (Å²) >= 11 is 12.4. The molecule has 11 heteroatoms. The number of methoxy groups -OCH3 is 1. The van der Waals surface area contributed by atoms with Gasteiger partial charge in [0.05, 0.1) is 28.3 Å². The number of hydrogen-bond donors (Lipinski definition) is 0. The zero-order valence-electron chi connectivity index (χ0n) is 19.3. The van der Waals surface area contributed by atoms with E-state index < -0.39 is 17.8 Å². The Balaban J connectivity index is 1.58. The number of aromatic nitrogens is 2. The molecule has 0 bridgehead atoms. The Kier molecular flexibility index (Phi) is 7.61. The summed E-state index contributed by atoms with van der Waals surface area (Å²) in [5, 5.41) is 0.796. The molecule has 190 valence electrons. The minimum absolute atomic E-state index is 0.151. The van der Waals surface area contributed by atoms with Gasteiger partial charge in [0.25, 0.3) is 5.91 Å². The summed E-state index contributed by atoms with van der Waals surface area (Å²) < 4.78 is 49.7. The van der Waals surface area contributed by atoms with Crippen molar-refractivity contribution in [2.45, 2.75) is 25.1 Å². The molecule has 1 amide bonds. The number of ether oxygens (including phenoxy) is 2. The van der Waals surface area contributed by atoms with Crippen LogP contribution >= 0.6 is 23.2 Å². The third kappa shape index (κ3) is 5.68. The van der Waals surface area contributed by atoms with Crippen molar-refractivity contribution in [1.29, 1.82) is 0 Å². The van der Waals surface area contributed by atoms with Gasteiger partial charge in [0.15, 0.2) is 0 Å². The molecule has 3 atom stereocenters. The van der Waals surface area contributed by atoms with Crippen LogP contribution in [0.3, 0.4) is 0 Å². The molecule has 4 rings (SSSR count). The standard InChI is InChI=1S/C25H22Cl2F3N3O3/c1-14(36-18-6-4-17(5-7-18)25(28,29)30)19-12-33(23(34)16-10-31-24(35-2)32-11-16)13-20(19)15-3-8-21(26)22(27)9-15/h3-11,14,19-20H,12-13H2,1-2H3. The van der Waals surface area contributed by atoms with Crippen LogP contribution in [0.25, 0.3) is 0 Å². The summed E-state index contributed by atoms with van der Waals surface area (Å²) in [5.74, 6) is -0.302. The largest absolute Gasteiger partial charge is 0.490 e. The highest BCUT2D eigenvalue weighted by atomic mass is 35.5. The summed E-state index contributed by atoms with van der Waals surface area (Å²) in [6, 6.07) is 10.00. The third-order valence-electron chi connectivity index (χ3n) is 6.19. The minimum atomic E-state index is -4.43. The molecule has 1 aliphatic heterocycles. The number of carbonyl (C=O) groups excluding carboxylic acids is 1. The first-order valence-electron chi connectivity index (χ1n) is 11.0. The van der Waals surface area contributed by atoms with Crippen LogP contribution in [-0.4, -0.2) is 47.1 Å². The van der Waals surface area contributed by atoms with Gasteiger partial charge in [-0.2, -0.15) is 13.2 Å². The van der Waals surface area contributed by atoms with Gasteiger partial charge in [0, 0.05) is 37.3 Å². The molecule has 2 heterocycles. The predicted octanol–water partition coefficient (Wildman–Crippen LogP) is 6.13. The lowest BCUT2D eigenvalue weighted by Crippen LogP contribution is -2.32. The topological polar surface area (TPSA) is 64.5 Å². The predicted molar refractivity (Wildman–Crippen MR) is 129 cm³/mol. The molecule has 0 radical (unpaired) electrons. The number of halogens is 5. The molecular formula is C25H22Cl2F3N3O3. The van der Waals surface area contributed by atoms with E-state index in [-0.39, 0.29) is 23.8 Å². The van der Waals surface area contributed by atoms with E-state index in [0.29, 0.717) is 34.4 Å². The second-order valence-electron chi connectivity index (χ2n) is 8.46. The van der Waals surface area contributed by atoms with Gasteiger partial charge in [-0.1, -0.05) is 29.3 Å². The fourth-order valence-electron chi connectivity index (χ4n) is 4.31. The van der Waals surface area contributed by atoms with Gasteiger partial charge < -0.3 is 14.4 Å². The lowest BCUT2D eigenvalue weighted by atomic mass is 9.85.